The lowest BCUT2D eigenvalue weighted by atomic mass is 9.93. The molecule has 0 spiro atoms. The molecule has 0 saturated carbocycles. The first kappa shape index (κ1) is 15.0. The quantitative estimate of drug-likeness (QED) is 0.859. The van der Waals surface area contributed by atoms with Gasteiger partial charge in [0.05, 0.1) is 6.42 Å². The smallest absolute Gasteiger partial charge is 0.224 e. The molecule has 0 aliphatic carbocycles. The van der Waals surface area contributed by atoms with Crippen LogP contribution in [-0.2, 0) is 22.5 Å². The minimum atomic E-state index is 0.0875. The summed E-state index contributed by atoms with van der Waals surface area (Å²) in [6.45, 7) is 4.25. The standard InChI is InChI=1S/C16H24N2O2/c1-12(15-6-8-20-9-7-15)18-16(19)10-13-2-4-14(11-17)5-3-13/h2-5,12,15H,6-11,17H2,1H3,(H,18,19). The van der Waals surface area contributed by atoms with Crippen LogP contribution in [0.2, 0.25) is 0 Å². The number of hydrogen-bond donors (Lipinski definition) is 2. The van der Waals surface area contributed by atoms with E-state index in [1.807, 2.05) is 24.3 Å². The van der Waals surface area contributed by atoms with Crippen LogP contribution in [0.4, 0.5) is 0 Å². The maximum atomic E-state index is 12.1. The van der Waals surface area contributed by atoms with Crippen molar-refractivity contribution in [2.75, 3.05) is 13.2 Å². The largest absolute Gasteiger partial charge is 0.381 e. The maximum absolute atomic E-state index is 12.1. The Morgan fingerprint density at radius 2 is 1.90 bits per heavy atom. The molecule has 1 saturated heterocycles. The van der Waals surface area contributed by atoms with E-state index in [1.165, 1.54) is 0 Å². The molecule has 0 radical (unpaired) electrons. The number of hydrogen-bond acceptors (Lipinski definition) is 3. The average molecular weight is 276 g/mol. The third-order valence-corrected chi connectivity index (χ3v) is 3.99. The Bertz CT molecular complexity index is 425. The van der Waals surface area contributed by atoms with E-state index >= 15 is 0 Å². The van der Waals surface area contributed by atoms with Crippen molar-refractivity contribution in [3.8, 4) is 0 Å². The molecule has 1 aliphatic rings. The van der Waals surface area contributed by atoms with Gasteiger partial charge in [0, 0.05) is 25.8 Å². The fourth-order valence-electron chi connectivity index (χ4n) is 2.62. The molecule has 1 aliphatic heterocycles. The van der Waals surface area contributed by atoms with E-state index in [2.05, 4.69) is 12.2 Å². The average Bonchev–Trinajstić information content (AvgIpc) is 2.49. The van der Waals surface area contributed by atoms with Gasteiger partial charge in [0.25, 0.3) is 0 Å². The van der Waals surface area contributed by atoms with Crippen molar-refractivity contribution in [3.05, 3.63) is 35.4 Å². The lowest BCUT2D eigenvalue weighted by molar-refractivity contribution is -0.121. The highest BCUT2D eigenvalue weighted by Gasteiger charge is 2.21. The molecule has 2 rings (SSSR count). The van der Waals surface area contributed by atoms with Gasteiger partial charge in [-0.05, 0) is 36.8 Å². The van der Waals surface area contributed by atoms with Crippen molar-refractivity contribution < 1.29 is 9.53 Å². The molecule has 1 unspecified atom stereocenters. The summed E-state index contributed by atoms with van der Waals surface area (Å²) in [5.74, 6) is 0.622. The van der Waals surface area contributed by atoms with Crippen molar-refractivity contribution in [3.63, 3.8) is 0 Å². The summed E-state index contributed by atoms with van der Waals surface area (Å²) >= 11 is 0. The molecule has 1 heterocycles. The molecule has 1 aromatic rings. The highest BCUT2D eigenvalue weighted by molar-refractivity contribution is 5.78. The van der Waals surface area contributed by atoms with Gasteiger partial charge in [0.2, 0.25) is 5.91 Å². The number of rotatable bonds is 5. The molecule has 3 N–H and O–H groups in total. The van der Waals surface area contributed by atoms with E-state index in [-0.39, 0.29) is 11.9 Å². The van der Waals surface area contributed by atoms with Gasteiger partial charge in [-0.15, -0.1) is 0 Å². The van der Waals surface area contributed by atoms with Crippen LogP contribution in [0.15, 0.2) is 24.3 Å². The van der Waals surface area contributed by atoms with Crippen LogP contribution in [0.3, 0.4) is 0 Å². The zero-order chi connectivity index (χ0) is 14.4. The molecule has 4 nitrogen and oxygen atoms in total. The van der Waals surface area contributed by atoms with Gasteiger partial charge in [-0.2, -0.15) is 0 Å². The molecule has 110 valence electrons. The molecular weight excluding hydrogens is 252 g/mol. The minimum Gasteiger partial charge on any atom is -0.381 e. The van der Waals surface area contributed by atoms with Crippen molar-refractivity contribution in [1.29, 1.82) is 0 Å². The molecule has 1 atom stereocenters. The van der Waals surface area contributed by atoms with Crippen LogP contribution in [0, 0.1) is 5.92 Å². The Morgan fingerprint density at radius 1 is 1.30 bits per heavy atom. The zero-order valence-electron chi connectivity index (χ0n) is 12.1. The van der Waals surface area contributed by atoms with Crippen LogP contribution in [0.5, 0.6) is 0 Å². The summed E-state index contributed by atoms with van der Waals surface area (Å²) in [6, 6.07) is 8.12. The molecule has 1 amide bonds. The fraction of sp³-hybridized carbons (Fsp3) is 0.562. The van der Waals surface area contributed by atoms with Crippen LogP contribution >= 0.6 is 0 Å². The Morgan fingerprint density at radius 3 is 2.50 bits per heavy atom. The number of benzene rings is 1. The monoisotopic (exact) mass is 276 g/mol. The minimum absolute atomic E-state index is 0.0875. The number of nitrogens with two attached hydrogens (primary N) is 1. The number of carbonyl (C=O) groups is 1. The third-order valence-electron chi connectivity index (χ3n) is 3.99. The second kappa shape index (κ2) is 7.41. The van der Waals surface area contributed by atoms with E-state index in [9.17, 15) is 4.79 Å². The van der Waals surface area contributed by atoms with E-state index < -0.39 is 0 Å². The van der Waals surface area contributed by atoms with Gasteiger partial charge in [0.1, 0.15) is 0 Å². The summed E-state index contributed by atoms with van der Waals surface area (Å²) in [7, 11) is 0. The van der Waals surface area contributed by atoms with E-state index in [4.69, 9.17) is 10.5 Å². The summed E-state index contributed by atoms with van der Waals surface area (Å²) in [5, 5.41) is 3.11. The molecule has 0 bridgehead atoms. The predicted molar refractivity (Wildman–Crippen MR) is 79.2 cm³/mol. The van der Waals surface area contributed by atoms with Crippen molar-refractivity contribution >= 4 is 5.91 Å². The maximum Gasteiger partial charge on any atom is 0.224 e. The first-order valence-electron chi connectivity index (χ1n) is 7.34. The van der Waals surface area contributed by atoms with E-state index in [0.717, 1.165) is 37.2 Å². The summed E-state index contributed by atoms with van der Waals surface area (Å²) < 4.78 is 5.35. The molecule has 20 heavy (non-hydrogen) atoms. The van der Waals surface area contributed by atoms with Gasteiger partial charge in [-0.3, -0.25) is 4.79 Å². The summed E-state index contributed by atoms with van der Waals surface area (Å²) in [6.07, 6.45) is 2.50. The van der Waals surface area contributed by atoms with Crippen LogP contribution in [0.1, 0.15) is 30.9 Å². The van der Waals surface area contributed by atoms with E-state index in [0.29, 0.717) is 18.9 Å². The molecule has 0 aromatic heterocycles. The molecular formula is C16H24N2O2. The van der Waals surface area contributed by atoms with Gasteiger partial charge in [0.15, 0.2) is 0 Å². The second-order valence-corrected chi connectivity index (χ2v) is 5.50. The first-order valence-corrected chi connectivity index (χ1v) is 7.34. The van der Waals surface area contributed by atoms with Crippen molar-refractivity contribution in [2.45, 2.75) is 38.8 Å². The van der Waals surface area contributed by atoms with Crippen LogP contribution < -0.4 is 11.1 Å². The van der Waals surface area contributed by atoms with E-state index in [1.54, 1.807) is 0 Å². The SMILES string of the molecule is CC(NC(=O)Cc1ccc(CN)cc1)C1CCOCC1. The Hall–Kier alpha value is -1.39. The number of nitrogens with one attached hydrogen (secondary N) is 1. The summed E-state index contributed by atoms with van der Waals surface area (Å²) in [5.41, 5.74) is 7.67. The number of carbonyl (C=O) groups excluding carboxylic acids is 1. The summed E-state index contributed by atoms with van der Waals surface area (Å²) in [4.78, 5) is 12.1. The van der Waals surface area contributed by atoms with Gasteiger partial charge >= 0.3 is 0 Å². The third kappa shape index (κ3) is 4.32. The Balaban J connectivity index is 1.81. The first-order chi connectivity index (χ1) is 9.69. The Kier molecular flexibility index (Phi) is 5.56. The van der Waals surface area contributed by atoms with Crippen LogP contribution in [-0.4, -0.2) is 25.2 Å². The fourth-order valence-corrected chi connectivity index (χ4v) is 2.62. The van der Waals surface area contributed by atoms with Crippen molar-refractivity contribution in [2.24, 2.45) is 11.7 Å². The number of ether oxygens (including phenoxy) is 1. The lowest BCUT2D eigenvalue weighted by Crippen LogP contribution is -2.40. The topological polar surface area (TPSA) is 64.4 Å². The van der Waals surface area contributed by atoms with Gasteiger partial charge in [-0.25, -0.2) is 0 Å². The lowest BCUT2D eigenvalue weighted by Gasteiger charge is -2.28. The van der Waals surface area contributed by atoms with Gasteiger partial charge < -0.3 is 15.8 Å². The molecule has 1 aromatic carbocycles. The number of amides is 1. The highest BCUT2D eigenvalue weighted by atomic mass is 16.5. The van der Waals surface area contributed by atoms with Crippen molar-refractivity contribution in [1.82, 2.24) is 5.32 Å². The second-order valence-electron chi connectivity index (χ2n) is 5.50. The predicted octanol–water partition coefficient (Wildman–Crippen LogP) is 1.62. The molecule has 4 heteroatoms. The van der Waals surface area contributed by atoms with Gasteiger partial charge in [-0.1, -0.05) is 24.3 Å². The van der Waals surface area contributed by atoms with Crippen LogP contribution in [0.25, 0.3) is 0 Å². The Labute approximate surface area is 120 Å². The molecule has 1 fully saturated rings. The zero-order valence-corrected chi connectivity index (χ0v) is 12.1. The highest BCUT2D eigenvalue weighted by Crippen LogP contribution is 2.18. The normalized spacial score (nSPS) is 17.7.